The van der Waals surface area contributed by atoms with Gasteiger partial charge in [-0.2, -0.15) is 0 Å². The van der Waals surface area contributed by atoms with E-state index >= 15 is 0 Å². The molecule has 1 aliphatic rings. The van der Waals surface area contributed by atoms with E-state index in [4.69, 9.17) is 9.84 Å². The van der Waals surface area contributed by atoms with Crippen LogP contribution < -0.4 is 5.32 Å². The van der Waals surface area contributed by atoms with Crippen molar-refractivity contribution in [1.82, 2.24) is 10.2 Å². The monoisotopic (exact) mass is 300 g/mol. The third-order valence-corrected chi connectivity index (χ3v) is 4.05. The van der Waals surface area contributed by atoms with E-state index in [1.165, 1.54) is 26.4 Å². The van der Waals surface area contributed by atoms with Crippen LogP contribution in [0.2, 0.25) is 0 Å². The van der Waals surface area contributed by atoms with Gasteiger partial charge >= 0.3 is 12.0 Å². The van der Waals surface area contributed by atoms with Gasteiger partial charge in [0.25, 0.3) is 0 Å². The number of nitrogens with zero attached hydrogens (tertiary/aromatic N) is 1. The number of carbonyl (C=O) groups excluding carboxylic acids is 1. The van der Waals surface area contributed by atoms with E-state index < -0.39 is 12.1 Å². The third-order valence-electron chi connectivity index (χ3n) is 4.05. The van der Waals surface area contributed by atoms with Crippen LogP contribution in [0.15, 0.2) is 0 Å². The summed E-state index contributed by atoms with van der Waals surface area (Å²) in [5.41, 5.74) is 0. The molecule has 2 atom stereocenters. The minimum absolute atomic E-state index is 0.102. The molecule has 6 nitrogen and oxygen atoms in total. The first-order valence-corrected chi connectivity index (χ1v) is 7.84. The number of hydrogen-bond donors (Lipinski definition) is 2. The molecule has 1 heterocycles. The van der Waals surface area contributed by atoms with Crippen LogP contribution in [0.25, 0.3) is 0 Å². The summed E-state index contributed by atoms with van der Waals surface area (Å²) >= 11 is 0. The molecule has 1 fully saturated rings. The quantitative estimate of drug-likeness (QED) is 0.754. The standard InChI is InChI=1S/C15H28N2O4/c1-3-5-12-6-4-8-17(9-7-12)15(20)16-11-13(21-2)10-14(18)19/h12-13H,3-11H2,1-2H3,(H,16,20)(H,18,19). The number of carboxylic acids is 1. The molecule has 0 aromatic rings. The fourth-order valence-corrected chi connectivity index (χ4v) is 2.81. The molecule has 2 amide bonds. The third kappa shape index (κ3) is 6.80. The van der Waals surface area contributed by atoms with Crippen molar-refractivity contribution in [1.29, 1.82) is 0 Å². The van der Waals surface area contributed by atoms with Gasteiger partial charge in [0.15, 0.2) is 0 Å². The van der Waals surface area contributed by atoms with E-state index in [0.29, 0.717) is 0 Å². The summed E-state index contributed by atoms with van der Waals surface area (Å²) in [6, 6.07) is -0.111. The van der Waals surface area contributed by atoms with Crippen LogP contribution in [0.1, 0.15) is 45.4 Å². The van der Waals surface area contributed by atoms with Crippen LogP contribution in [0, 0.1) is 5.92 Å². The summed E-state index contributed by atoms with van der Waals surface area (Å²) in [5.74, 6) is -0.195. The van der Waals surface area contributed by atoms with E-state index in [-0.39, 0.29) is 19.0 Å². The predicted molar refractivity (Wildman–Crippen MR) is 80.3 cm³/mol. The van der Waals surface area contributed by atoms with Crippen molar-refractivity contribution >= 4 is 12.0 Å². The summed E-state index contributed by atoms with van der Waals surface area (Å²) in [6.45, 7) is 3.99. The van der Waals surface area contributed by atoms with Gasteiger partial charge in [-0.15, -0.1) is 0 Å². The Hall–Kier alpha value is -1.30. The van der Waals surface area contributed by atoms with Crippen LogP contribution in [0.3, 0.4) is 0 Å². The highest BCUT2D eigenvalue weighted by Gasteiger charge is 2.21. The van der Waals surface area contributed by atoms with Crippen LogP contribution in [-0.4, -0.2) is 54.9 Å². The Morgan fingerprint density at radius 1 is 1.38 bits per heavy atom. The minimum atomic E-state index is -0.923. The topological polar surface area (TPSA) is 78.9 Å². The number of urea groups is 1. The molecule has 0 aliphatic carbocycles. The first-order valence-electron chi connectivity index (χ1n) is 7.84. The Kier molecular flexibility index (Phi) is 8.12. The van der Waals surface area contributed by atoms with Gasteiger partial charge in [-0.3, -0.25) is 4.79 Å². The lowest BCUT2D eigenvalue weighted by Crippen LogP contribution is -2.44. The average molecular weight is 300 g/mol. The van der Waals surface area contributed by atoms with Crippen LogP contribution in [0.4, 0.5) is 4.79 Å². The number of methoxy groups -OCH3 is 1. The van der Waals surface area contributed by atoms with Gasteiger partial charge in [-0.25, -0.2) is 4.79 Å². The number of ether oxygens (including phenoxy) is 1. The van der Waals surface area contributed by atoms with Crippen molar-refractivity contribution in [2.75, 3.05) is 26.7 Å². The molecule has 0 aromatic carbocycles. The SMILES string of the molecule is CCCC1CCCN(C(=O)NCC(CC(=O)O)OC)CC1. The maximum atomic E-state index is 12.1. The molecule has 2 N–H and O–H groups in total. The summed E-state index contributed by atoms with van der Waals surface area (Å²) in [6.07, 6.45) is 5.14. The van der Waals surface area contributed by atoms with Gasteiger partial charge in [0.1, 0.15) is 0 Å². The number of rotatable bonds is 7. The molecule has 0 bridgehead atoms. The van der Waals surface area contributed by atoms with Gasteiger partial charge in [0.05, 0.1) is 12.5 Å². The first-order chi connectivity index (χ1) is 10.1. The van der Waals surface area contributed by atoms with E-state index in [1.54, 1.807) is 0 Å². The molecule has 0 spiro atoms. The Labute approximate surface area is 126 Å². The number of aliphatic carboxylic acids is 1. The second-order valence-electron chi connectivity index (χ2n) is 5.71. The normalized spacial score (nSPS) is 20.7. The molecular formula is C15H28N2O4. The lowest BCUT2D eigenvalue weighted by Gasteiger charge is -2.22. The fraction of sp³-hybridized carbons (Fsp3) is 0.867. The molecule has 1 rings (SSSR count). The molecule has 122 valence electrons. The predicted octanol–water partition coefficient (Wildman–Crippen LogP) is 2.09. The summed E-state index contributed by atoms with van der Waals surface area (Å²) in [5, 5.41) is 11.5. The molecule has 1 saturated heterocycles. The van der Waals surface area contributed by atoms with E-state index in [2.05, 4.69) is 12.2 Å². The van der Waals surface area contributed by atoms with Crippen molar-refractivity contribution in [2.45, 2.75) is 51.6 Å². The highest BCUT2D eigenvalue weighted by Crippen LogP contribution is 2.21. The highest BCUT2D eigenvalue weighted by molar-refractivity contribution is 5.74. The zero-order chi connectivity index (χ0) is 15.7. The van der Waals surface area contributed by atoms with Gasteiger partial charge < -0.3 is 20.1 Å². The molecule has 6 heteroatoms. The minimum Gasteiger partial charge on any atom is -0.481 e. The summed E-state index contributed by atoms with van der Waals surface area (Å²) in [4.78, 5) is 24.6. The number of nitrogens with one attached hydrogen (secondary N) is 1. The number of likely N-dealkylation sites (tertiary alicyclic amines) is 1. The van der Waals surface area contributed by atoms with E-state index in [0.717, 1.165) is 31.8 Å². The van der Waals surface area contributed by atoms with Crippen molar-refractivity contribution in [2.24, 2.45) is 5.92 Å². The summed E-state index contributed by atoms with van der Waals surface area (Å²) in [7, 11) is 1.46. The Morgan fingerprint density at radius 2 is 2.14 bits per heavy atom. The lowest BCUT2D eigenvalue weighted by atomic mass is 9.96. The van der Waals surface area contributed by atoms with Gasteiger partial charge in [0.2, 0.25) is 0 Å². The fourth-order valence-electron chi connectivity index (χ4n) is 2.81. The van der Waals surface area contributed by atoms with Crippen molar-refractivity contribution in [3.8, 4) is 0 Å². The Bertz CT molecular complexity index is 336. The number of amides is 2. The second-order valence-corrected chi connectivity index (χ2v) is 5.71. The van der Waals surface area contributed by atoms with Crippen LogP contribution >= 0.6 is 0 Å². The lowest BCUT2D eigenvalue weighted by molar-refractivity contribution is -0.139. The Balaban J connectivity index is 2.35. The number of carboxylic acid groups (broad SMARTS) is 1. The average Bonchev–Trinajstić information content (AvgIpc) is 2.69. The molecule has 1 aliphatic heterocycles. The molecule has 2 unspecified atom stereocenters. The first kappa shape index (κ1) is 17.8. The van der Waals surface area contributed by atoms with Gasteiger partial charge in [-0.05, 0) is 25.2 Å². The molecular weight excluding hydrogens is 272 g/mol. The maximum Gasteiger partial charge on any atom is 0.317 e. The van der Waals surface area contributed by atoms with Crippen LogP contribution in [0.5, 0.6) is 0 Å². The molecule has 0 aromatic heterocycles. The van der Waals surface area contributed by atoms with Crippen molar-refractivity contribution in [3.63, 3.8) is 0 Å². The number of carbonyl (C=O) groups is 2. The maximum absolute atomic E-state index is 12.1. The smallest absolute Gasteiger partial charge is 0.317 e. The van der Waals surface area contributed by atoms with E-state index in [1.807, 2.05) is 4.90 Å². The summed E-state index contributed by atoms with van der Waals surface area (Å²) < 4.78 is 5.06. The van der Waals surface area contributed by atoms with Gasteiger partial charge in [0, 0.05) is 26.7 Å². The van der Waals surface area contributed by atoms with E-state index in [9.17, 15) is 9.59 Å². The molecule has 0 saturated carbocycles. The zero-order valence-corrected chi connectivity index (χ0v) is 13.1. The second kappa shape index (κ2) is 9.60. The van der Waals surface area contributed by atoms with Crippen molar-refractivity contribution < 1.29 is 19.4 Å². The van der Waals surface area contributed by atoms with Crippen molar-refractivity contribution in [3.05, 3.63) is 0 Å². The zero-order valence-electron chi connectivity index (χ0n) is 13.1. The molecule has 0 radical (unpaired) electrons. The molecule has 21 heavy (non-hydrogen) atoms. The number of hydrogen-bond acceptors (Lipinski definition) is 3. The van der Waals surface area contributed by atoms with Gasteiger partial charge in [-0.1, -0.05) is 19.8 Å². The Morgan fingerprint density at radius 3 is 2.76 bits per heavy atom. The largest absolute Gasteiger partial charge is 0.481 e. The van der Waals surface area contributed by atoms with Crippen LogP contribution in [-0.2, 0) is 9.53 Å². The highest BCUT2D eigenvalue weighted by atomic mass is 16.5.